The normalized spacial score (nSPS) is 15.1. The first-order chi connectivity index (χ1) is 16.6. The zero-order valence-electron chi connectivity index (χ0n) is 20.9. The van der Waals surface area contributed by atoms with Gasteiger partial charge in [0.25, 0.3) is 0 Å². The molecule has 0 aromatic heterocycles. The Labute approximate surface area is 205 Å². The molecule has 34 heavy (non-hydrogen) atoms. The van der Waals surface area contributed by atoms with E-state index in [9.17, 15) is 0 Å². The number of likely N-dealkylation sites (N-methyl/N-ethyl adjacent to an activating group) is 1. The average Bonchev–Trinajstić information content (AvgIpc) is 2.87. The highest BCUT2D eigenvalue weighted by Gasteiger charge is 2.20. The Morgan fingerprint density at radius 2 is 1.74 bits per heavy atom. The average molecular weight is 460 g/mol. The molecule has 0 radical (unpaired) electrons. The van der Waals surface area contributed by atoms with Gasteiger partial charge in [0.1, 0.15) is 0 Å². The van der Waals surface area contributed by atoms with Gasteiger partial charge in [-0.05, 0) is 55.9 Å². The van der Waals surface area contributed by atoms with Crippen LogP contribution in [-0.2, 0) is 0 Å². The summed E-state index contributed by atoms with van der Waals surface area (Å²) < 4.78 is 0. The summed E-state index contributed by atoms with van der Waals surface area (Å²) in [6.45, 7) is 13.3. The summed E-state index contributed by atoms with van der Waals surface area (Å²) in [6, 6.07) is 20.0. The van der Waals surface area contributed by atoms with Gasteiger partial charge in [0.05, 0.1) is 12.4 Å². The van der Waals surface area contributed by atoms with Crippen LogP contribution in [0.5, 0.6) is 0 Å². The fraction of sp³-hybridized carbons (Fsp3) is 0.414. The fourth-order valence-corrected chi connectivity index (χ4v) is 4.67. The molecule has 0 amide bonds. The standard InChI is InChI=1S/C29H41N5/c1-4-34(29(25-10-6-5-7-11-25)26-16-14-23(2)15-17-26)21-20-31-18-19-32-24(3)27-12-8-9-13-28(27)33-22-30/h5-7,10-11,14-17,22,29,31-32H,3-4,8-9,12-13,18-21H2,1-2H3,(H2,30,33). The third-order valence-electron chi connectivity index (χ3n) is 6.53. The largest absolute Gasteiger partial charge is 0.390 e. The molecular weight excluding hydrogens is 418 g/mol. The molecule has 5 heteroatoms. The molecule has 3 rings (SSSR count). The summed E-state index contributed by atoms with van der Waals surface area (Å²) in [7, 11) is 0. The van der Waals surface area contributed by atoms with Crippen molar-refractivity contribution in [2.45, 2.75) is 45.6 Å². The molecule has 0 saturated carbocycles. The topological polar surface area (TPSA) is 65.7 Å². The van der Waals surface area contributed by atoms with Gasteiger partial charge in [-0.25, -0.2) is 4.99 Å². The van der Waals surface area contributed by atoms with E-state index in [1.165, 1.54) is 41.4 Å². The molecule has 0 saturated heterocycles. The van der Waals surface area contributed by atoms with Crippen LogP contribution in [-0.4, -0.2) is 44.0 Å². The highest BCUT2D eigenvalue weighted by atomic mass is 15.2. The fourth-order valence-electron chi connectivity index (χ4n) is 4.67. The zero-order valence-corrected chi connectivity index (χ0v) is 20.9. The van der Waals surface area contributed by atoms with Crippen molar-refractivity contribution < 1.29 is 0 Å². The van der Waals surface area contributed by atoms with E-state index in [1.807, 2.05) is 0 Å². The molecule has 1 aliphatic carbocycles. The van der Waals surface area contributed by atoms with Crippen LogP contribution in [0.1, 0.15) is 55.3 Å². The predicted molar refractivity (Wildman–Crippen MR) is 145 cm³/mol. The minimum Gasteiger partial charge on any atom is -0.390 e. The lowest BCUT2D eigenvalue weighted by Gasteiger charge is -2.32. The molecule has 1 aliphatic rings. The molecule has 0 fully saturated rings. The maximum Gasteiger partial charge on any atom is 0.0856 e. The van der Waals surface area contributed by atoms with Crippen molar-refractivity contribution in [1.82, 2.24) is 15.5 Å². The molecule has 1 atom stereocenters. The number of allylic oxidation sites excluding steroid dienone is 2. The van der Waals surface area contributed by atoms with Crippen molar-refractivity contribution >= 4 is 6.34 Å². The monoisotopic (exact) mass is 459 g/mol. The molecular formula is C29H41N5. The van der Waals surface area contributed by atoms with Crippen molar-refractivity contribution in [3.63, 3.8) is 0 Å². The van der Waals surface area contributed by atoms with Crippen molar-refractivity contribution in [2.24, 2.45) is 10.7 Å². The Kier molecular flexibility index (Phi) is 10.4. The van der Waals surface area contributed by atoms with Crippen LogP contribution in [0.2, 0.25) is 0 Å². The number of nitrogens with one attached hydrogen (secondary N) is 2. The van der Waals surface area contributed by atoms with Gasteiger partial charge in [0.2, 0.25) is 0 Å². The van der Waals surface area contributed by atoms with E-state index >= 15 is 0 Å². The zero-order chi connectivity index (χ0) is 24.2. The number of nitrogens with two attached hydrogens (primary N) is 1. The van der Waals surface area contributed by atoms with Crippen LogP contribution in [0.25, 0.3) is 0 Å². The summed E-state index contributed by atoms with van der Waals surface area (Å²) in [5.41, 5.74) is 12.8. The third kappa shape index (κ3) is 7.31. The van der Waals surface area contributed by atoms with Crippen LogP contribution >= 0.6 is 0 Å². The van der Waals surface area contributed by atoms with Crippen molar-refractivity contribution in [2.75, 3.05) is 32.7 Å². The highest BCUT2D eigenvalue weighted by Crippen LogP contribution is 2.29. The summed E-state index contributed by atoms with van der Waals surface area (Å²) in [4.78, 5) is 6.90. The van der Waals surface area contributed by atoms with Gasteiger partial charge in [0, 0.05) is 37.6 Å². The smallest absolute Gasteiger partial charge is 0.0856 e. The van der Waals surface area contributed by atoms with Gasteiger partial charge in [-0.1, -0.05) is 73.7 Å². The van der Waals surface area contributed by atoms with Crippen LogP contribution in [0.3, 0.4) is 0 Å². The first-order valence-electron chi connectivity index (χ1n) is 12.6. The second-order valence-electron chi connectivity index (χ2n) is 8.92. The van der Waals surface area contributed by atoms with Gasteiger partial charge in [0.15, 0.2) is 0 Å². The van der Waals surface area contributed by atoms with Gasteiger partial charge in [-0.15, -0.1) is 0 Å². The number of aryl methyl sites for hydroxylation is 1. The molecule has 2 aromatic rings. The summed E-state index contributed by atoms with van der Waals surface area (Å²) in [5, 5.41) is 7.08. The quantitative estimate of drug-likeness (QED) is 0.226. The lowest BCUT2D eigenvalue weighted by atomic mass is 9.94. The number of hydrogen-bond acceptors (Lipinski definition) is 4. The lowest BCUT2D eigenvalue weighted by molar-refractivity contribution is 0.237. The molecule has 182 valence electrons. The SMILES string of the molecule is C=C(NCCNCCN(CC)C(c1ccccc1)c1ccc(C)cc1)C1=C(N=CN)CCCC1. The Morgan fingerprint density at radius 1 is 1.03 bits per heavy atom. The first kappa shape index (κ1) is 25.7. The number of rotatable bonds is 13. The summed E-state index contributed by atoms with van der Waals surface area (Å²) in [6.07, 6.45) is 5.77. The molecule has 0 aliphatic heterocycles. The molecule has 0 heterocycles. The summed E-state index contributed by atoms with van der Waals surface area (Å²) in [5.74, 6) is 0. The minimum absolute atomic E-state index is 0.256. The first-order valence-corrected chi connectivity index (χ1v) is 12.6. The minimum atomic E-state index is 0.256. The number of aliphatic imine (C=N–C) groups is 1. The van der Waals surface area contributed by atoms with Gasteiger partial charge in [-0.3, -0.25) is 4.90 Å². The second-order valence-corrected chi connectivity index (χ2v) is 8.92. The van der Waals surface area contributed by atoms with Crippen LogP contribution in [0.4, 0.5) is 0 Å². The van der Waals surface area contributed by atoms with E-state index in [-0.39, 0.29) is 6.04 Å². The van der Waals surface area contributed by atoms with Crippen molar-refractivity contribution in [3.05, 3.63) is 94.8 Å². The van der Waals surface area contributed by atoms with Crippen molar-refractivity contribution in [1.29, 1.82) is 0 Å². The van der Waals surface area contributed by atoms with E-state index < -0.39 is 0 Å². The van der Waals surface area contributed by atoms with Crippen LogP contribution < -0.4 is 16.4 Å². The highest BCUT2D eigenvalue weighted by molar-refractivity contribution is 5.54. The van der Waals surface area contributed by atoms with E-state index in [0.29, 0.717) is 0 Å². The van der Waals surface area contributed by atoms with Gasteiger partial charge >= 0.3 is 0 Å². The predicted octanol–water partition coefficient (Wildman–Crippen LogP) is 4.91. The number of benzene rings is 2. The van der Waals surface area contributed by atoms with E-state index in [2.05, 4.69) is 95.5 Å². The third-order valence-corrected chi connectivity index (χ3v) is 6.53. The molecule has 0 bridgehead atoms. The summed E-state index contributed by atoms with van der Waals surface area (Å²) >= 11 is 0. The van der Waals surface area contributed by atoms with Crippen molar-refractivity contribution in [3.8, 4) is 0 Å². The maximum atomic E-state index is 5.52. The van der Waals surface area contributed by atoms with E-state index in [4.69, 9.17) is 5.73 Å². The number of hydrogen-bond donors (Lipinski definition) is 3. The Morgan fingerprint density at radius 3 is 2.44 bits per heavy atom. The molecule has 2 aromatic carbocycles. The van der Waals surface area contributed by atoms with Crippen LogP contribution in [0.15, 0.2) is 83.1 Å². The van der Waals surface area contributed by atoms with Gasteiger partial charge in [-0.2, -0.15) is 0 Å². The molecule has 5 nitrogen and oxygen atoms in total. The van der Waals surface area contributed by atoms with E-state index in [0.717, 1.165) is 57.0 Å². The molecule has 0 spiro atoms. The molecule has 4 N–H and O–H groups in total. The second kappa shape index (κ2) is 13.7. The lowest BCUT2D eigenvalue weighted by Crippen LogP contribution is -2.37. The van der Waals surface area contributed by atoms with Gasteiger partial charge < -0.3 is 16.4 Å². The Bertz CT molecular complexity index is 946. The van der Waals surface area contributed by atoms with E-state index in [1.54, 1.807) is 0 Å². The Hall–Kier alpha value is -2.89. The van der Waals surface area contributed by atoms with Crippen LogP contribution in [0, 0.1) is 6.92 Å². The maximum absolute atomic E-state index is 5.52. The number of nitrogens with zero attached hydrogens (tertiary/aromatic N) is 2. The molecule has 1 unspecified atom stereocenters. The Balaban J connectivity index is 1.52.